The number of hydrogen-bond donors (Lipinski definition) is 2. The third-order valence-electron chi connectivity index (χ3n) is 4.87. The van der Waals surface area contributed by atoms with E-state index in [1.165, 1.54) is 0 Å². The zero-order chi connectivity index (χ0) is 21.3. The lowest BCUT2D eigenvalue weighted by Gasteiger charge is -2.20. The summed E-state index contributed by atoms with van der Waals surface area (Å²) in [6.07, 6.45) is 1.58. The Morgan fingerprint density at radius 2 is 1.63 bits per heavy atom. The molecule has 30 heavy (non-hydrogen) atoms. The molecule has 6 nitrogen and oxygen atoms in total. The predicted molar refractivity (Wildman–Crippen MR) is 122 cm³/mol. The van der Waals surface area contributed by atoms with Crippen LogP contribution in [0.3, 0.4) is 0 Å². The fourth-order valence-corrected chi connectivity index (χ4v) is 3.26. The molecule has 0 bridgehead atoms. The van der Waals surface area contributed by atoms with Crippen LogP contribution in [0.5, 0.6) is 0 Å². The third kappa shape index (κ3) is 5.23. The summed E-state index contributed by atoms with van der Waals surface area (Å²) in [5.74, 6) is -0.683. The Bertz CT molecular complexity index is 1040. The molecule has 3 rings (SSSR count). The van der Waals surface area contributed by atoms with E-state index >= 15 is 0 Å². The molecular weight excluding hydrogens is 376 g/mol. The third-order valence-corrected chi connectivity index (χ3v) is 4.87. The van der Waals surface area contributed by atoms with Crippen LogP contribution in [0.1, 0.15) is 29.8 Å². The van der Waals surface area contributed by atoms with E-state index in [-0.39, 0.29) is 18.4 Å². The molecule has 6 heteroatoms. The molecular formula is C24H26N4O2. The molecule has 0 heterocycles. The summed E-state index contributed by atoms with van der Waals surface area (Å²) in [6.45, 7) is 5.98. The zero-order valence-corrected chi connectivity index (χ0v) is 17.3. The van der Waals surface area contributed by atoms with Crippen molar-refractivity contribution in [2.24, 2.45) is 5.10 Å². The molecule has 0 saturated carbocycles. The average Bonchev–Trinajstić information content (AvgIpc) is 2.79. The molecule has 2 N–H and O–H groups in total. The molecule has 0 spiro atoms. The van der Waals surface area contributed by atoms with Gasteiger partial charge in [0.2, 0.25) is 0 Å². The minimum Gasteiger partial charge on any atom is -0.372 e. The van der Waals surface area contributed by atoms with Gasteiger partial charge >= 0.3 is 0 Å². The molecule has 2 amide bonds. The Labute approximate surface area is 176 Å². The minimum absolute atomic E-state index is 0.152. The first-order chi connectivity index (χ1) is 14.6. The van der Waals surface area contributed by atoms with Crippen LogP contribution in [-0.4, -0.2) is 37.7 Å². The highest BCUT2D eigenvalue weighted by atomic mass is 16.2. The lowest BCUT2D eigenvalue weighted by atomic mass is 10.0. The molecule has 154 valence electrons. The summed E-state index contributed by atoms with van der Waals surface area (Å²) in [4.78, 5) is 26.7. The van der Waals surface area contributed by atoms with Crippen molar-refractivity contribution in [2.75, 3.05) is 24.5 Å². The lowest BCUT2D eigenvalue weighted by molar-refractivity contribution is -0.120. The van der Waals surface area contributed by atoms with Gasteiger partial charge < -0.3 is 10.2 Å². The molecule has 0 fully saturated rings. The van der Waals surface area contributed by atoms with Gasteiger partial charge in [0, 0.05) is 24.3 Å². The van der Waals surface area contributed by atoms with Gasteiger partial charge in [0.25, 0.3) is 11.8 Å². The van der Waals surface area contributed by atoms with Crippen LogP contribution in [0, 0.1) is 0 Å². The number of nitrogens with one attached hydrogen (secondary N) is 2. The molecule has 0 atom stereocenters. The molecule has 0 aromatic heterocycles. The summed E-state index contributed by atoms with van der Waals surface area (Å²) in [5, 5.41) is 8.44. The Balaban J connectivity index is 1.51. The van der Waals surface area contributed by atoms with E-state index in [0.717, 1.165) is 35.1 Å². The van der Waals surface area contributed by atoms with E-state index in [2.05, 4.69) is 34.6 Å². The van der Waals surface area contributed by atoms with Crippen molar-refractivity contribution in [2.45, 2.75) is 13.8 Å². The van der Waals surface area contributed by atoms with Crippen LogP contribution >= 0.6 is 0 Å². The summed E-state index contributed by atoms with van der Waals surface area (Å²) in [6, 6.07) is 21.1. The fraction of sp³-hybridized carbons (Fsp3) is 0.208. The second kappa shape index (κ2) is 10.2. The van der Waals surface area contributed by atoms with Gasteiger partial charge in [0.05, 0.1) is 12.8 Å². The van der Waals surface area contributed by atoms with E-state index in [1.807, 2.05) is 60.7 Å². The molecule has 0 aliphatic carbocycles. The second-order valence-corrected chi connectivity index (χ2v) is 6.77. The molecule has 0 aliphatic heterocycles. The number of hydrogen-bond acceptors (Lipinski definition) is 4. The van der Waals surface area contributed by atoms with Crippen LogP contribution in [0.15, 0.2) is 71.8 Å². The maximum atomic E-state index is 12.5. The van der Waals surface area contributed by atoms with Gasteiger partial charge in [-0.05, 0) is 48.4 Å². The highest BCUT2D eigenvalue weighted by molar-refractivity contribution is 6.07. The normalized spacial score (nSPS) is 10.9. The number of carbonyl (C=O) groups excluding carboxylic acids is 2. The summed E-state index contributed by atoms with van der Waals surface area (Å²) in [7, 11) is 0. The Hall–Kier alpha value is -3.67. The lowest BCUT2D eigenvalue weighted by Crippen LogP contribution is -2.35. The van der Waals surface area contributed by atoms with E-state index in [1.54, 1.807) is 12.3 Å². The fourth-order valence-electron chi connectivity index (χ4n) is 3.26. The van der Waals surface area contributed by atoms with Crippen molar-refractivity contribution in [3.63, 3.8) is 0 Å². The van der Waals surface area contributed by atoms with Gasteiger partial charge in [-0.3, -0.25) is 9.59 Å². The highest BCUT2D eigenvalue weighted by Crippen LogP contribution is 2.18. The number of anilines is 1. The van der Waals surface area contributed by atoms with Crippen molar-refractivity contribution in [1.82, 2.24) is 10.7 Å². The summed E-state index contributed by atoms with van der Waals surface area (Å²) in [5.41, 5.74) is 5.01. The highest BCUT2D eigenvalue weighted by Gasteiger charge is 2.10. The Morgan fingerprint density at radius 1 is 0.933 bits per heavy atom. The van der Waals surface area contributed by atoms with Gasteiger partial charge in [-0.25, -0.2) is 5.43 Å². The standard InChI is InChI=1S/C24H26N4O2/c1-3-28(4-2)20-14-12-18(13-15-20)16-26-27-23(29)17-25-24(30)22-11-7-9-19-8-5-6-10-21(19)22/h5-16H,3-4,17H2,1-2H3,(H,25,30)(H,27,29)/b26-16+. The van der Waals surface area contributed by atoms with Gasteiger partial charge in [-0.2, -0.15) is 5.10 Å². The quantitative estimate of drug-likeness (QED) is 0.447. The number of nitrogens with zero attached hydrogens (tertiary/aromatic N) is 2. The topological polar surface area (TPSA) is 73.8 Å². The number of benzene rings is 3. The molecule has 0 aliphatic rings. The van der Waals surface area contributed by atoms with Crippen molar-refractivity contribution in [3.8, 4) is 0 Å². The number of fused-ring (bicyclic) bond motifs is 1. The maximum absolute atomic E-state index is 12.5. The Morgan fingerprint density at radius 3 is 2.37 bits per heavy atom. The second-order valence-electron chi connectivity index (χ2n) is 6.77. The van der Waals surface area contributed by atoms with E-state index in [9.17, 15) is 9.59 Å². The van der Waals surface area contributed by atoms with Crippen molar-refractivity contribution >= 4 is 34.5 Å². The van der Waals surface area contributed by atoms with Crippen molar-refractivity contribution < 1.29 is 9.59 Å². The minimum atomic E-state index is -0.389. The Kier molecular flexibility index (Phi) is 7.16. The van der Waals surface area contributed by atoms with E-state index in [4.69, 9.17) is 0 Å². The average molecular weight is 402 g/mol. The number of amides is 2. The van der Waals surface area contributed by atoms with E-state index in [0.29, 0.717) is 5.56 Å². The van der Waals surface area contributed by atoms with Gasteiger partial charge in [0.1, 0.15) is 0 Å². The predicted octanol–water partition coefficient (Wildman–Crippen LogP) is 3.57. The first-order valence-corrected chi connectivity index (χ1v) is 10.0. The van der Waals surface area contributed by atoms with E-state index < -0.39 is 0 Å². The van der Waals surface area contributed by atoms with Crippen molar-refractivity contribution in [3.05, 3.63) is 77.9 Å². The largest absolute Gasteiger partial charge is 0.372 e. The zero-order valence-electron chi connectivity index (χ0n) is 17.3. The molecule has 3 aromatic carbocycles. The first-order valence-electron chi connectivity index (χ1n) is 10.0. The van der Waals surface area contributed by atoms with Crippen LogP contribution in [0.25, 0.3) is 10.8 Å². The number of rotatable bonds is 8. The maximum Gasteiger partial charge on any atom is 0.259 e. The van der Waals surface area contributed by atoms with Crippen LogP contribution in [0.4, 0.5) is 5.69 Å². The molecule has 0 radical (unpaired) electrons. The van der Waals surface area contributed by atoms with Gasteiger partial charge in [0.15, 0.2) is 0 Å². The smallest absolute Gasteiger partial charge is 0.259 e. The molecule has 0 saturated heterocycles. The van der Waals surface area contributed by atoms with Gasteiger partial charge in [-0.15, -0.1) is 0 Å². The SMILES string of the molecule is CCN(CC)c1ccc(/C=N/NC(=O)CNC(=O)c2cccc3ccccc23)cc1. The van der Waals surface area contributed by atoms with Crippen molar-refractivity contribution in [1.29, 1.82) is 0 Å². The summed E-state index contributed by atoms with van der Waals surface area (Å²) < 4.78 is 0. The first kappa shape index (κ1) is 21.0. The molecule has 0 unspecified atom stereocenters. The monoisotopic (exact) mass is 402 g/mol. The van der Waals surface area contributed by atoms with Crippen LogP contribution in [0.2, 0.25) is 0 Å². The van der Waals surface area contributed by atoms with Gasteiger partial charge in [-0.1, -0.05) is 48.5 Å². The van der Waals surface area contributed by atoms with Crippen LogP contribution < -0.4 is 15.6 Å². The number of carbonyl (C=O) groups is 2. The van der Waals surface area contributed by atoms with Crippen LogP contribution in [-0.2, 0) is 4.79 Å². The summed E-state index contributed by atoms with van der Waals surface area (Å²) >= 11 is 0. The number of hydrazone groups is 1. The molecule has 3 aromatic rings.